The molecule has 5 fully saturated rings. The number of fused-ring (bicyclic) bond motifs is 7. The van der Waals surface area contributed by atoms with Gasteiger partial charge < -0.3 is 9.64 Å². The predicted molar refractivity (Wildman–Crippen MR) is 130 cm³/mol. The number of Topliss-reactive ketones (excluding diaryl/α,β-unsaturated/α-hetero) is 1. The number of carbonyl (C=O) groups excluding carboxylic acids is 1. The molecule has 5 rings (SSSR count). The van der Waals surface area contributed by atoms with Crippen molar-refractivity contribution in [1.29, 1.82) is 0 Å². The average Bonchev–Trinajstić information content (AvgIpc) is 3.20. The van der Waals surface area contributed by atoms with Crippen LogP contribution >= 0.6 is 0 Å². The van der Waals surface area contributed by atoms with Crippen LogP contribution in [0.4, 0.5) is 0 Å². The molecule has 1 heterocycles. The quantitative estimate of drug-likeness (QED) is 0.506. The summed E-state index contributed by atoms with van der Waals surface area (Å²) in [6.07, 6.45) is 13.2. The normalized spacial score (nSPS) is 51.2. The van der Waals surface area contributed by atoms with Gasteiger partial charge in [-0.1, -0.05) is 27.7 Å². The van der Waals surface area contributed by atoms with Gasteiger partial charge in [-0.15, -0.1) is 0 Å². The van der Waals surface area contributed by atoms with Crippen molar-refractivity contribution in [3.63, 3.8) is 0 Å². The van der Waals surface area contributed by atoms with Gasteiger partial charge in [-0.3, -0.25) is 4.79 Å². The Labute approximate surface area is 197 Å². The zero-order valence-corrected chi connectivity index (χ0v) is 21.7. The van der Waals surface area contributed by atoms with E-state index in [0.717, 1.165) is 48.9 Å². The van der Waals surface area contributed by atoms with Crippen LogP contribution in [0.15, 0.2) is 0 Å². The molecule has 32 heavy (non-hydrogen) atoms. The number of carbonyl (C=O) groups is 1. The van der Waals surface area contributed by atoms with E-state index in [1.54, 1.807) is 0 Å². The fraction of sp³-hybridized carbons (Fsp3) is 0.966. The third kappa shape index (κ3) is 3.63. The van der Waals surface area contributed by atoms with E-state index in [2.05, 4.69) is 46.7 Å². The first kappa shape index (κ1) is 23.3. The van der Waals surface area contributed by atoms with Crippen LogP contribution < -0.4 is 0 Å². The molecule has 0 aromatic carbocycles. The molecule has 0 amide bonds. The van der Waals surface area contributed by atoms with Crippen LogP contribution in [-0.2, 0) is 9.53 Å². The maximum atomic E-state index is 12.2. The second-order valence-corrected chi connectivity index (χ2v) is 13.7. The van der Waals surface area contributed by atoms with Crippen molar-refractivity contribution < 1.29 is 9.53 Å². The third-order valence-electron chi connectivity index (χ3n) is 11.7. The highest BCUT2D eigenvalue weighted by molar-refractivity contribution is 5.79. The van der Waals surface area contributed by atoms with Crippen LogP contribution in [0, 0.1) is 52.3 Å². The van der Waals surface area contributed by atoms with Crippen molar-refractivity contribution >= 4 is 5.78 Å². The van der Waals surface area contributed by atoms with Crippen LogP contribution in [0.2, 0.25) is 0 Å². The number of hydrogen-bond acceptors (Lipinski definition) is 3. The van der Waals surface area contributed by atoms with E-state index in [-0.39, 0.29) is 0 Å². The van der Waals surface area contributed by atoms with Crippen molar-refractivity contribution in [1.82, 2.24) is 4.90 Å². The molecule has 182 valence electrons. The fourth-order valence-electron chi connectivity index (χ4n) is 10.2. The van der Waals surface area contributed by atoms with Crippen LogP contribution in [0.5, 0.6) is 0 Å². The minimum Gasteiger partial charge on any atom is -0.374 e. The maximum Gasteiger partial charge on any atom is 0.133 e. The standard InChI is InChI=1S/C29H49NO2/c1-18(17-30(5)6)7-10-25-19(2)27-26(32-25)16-24-22-9-8-20-15-21(31)11-13-28(20,3)23(22)12-14-29(24,27)4/h18-20,22-27H,7-17H2,1-6H3/t18-,19+,20+,22+,23-,24-,25+,26-,27-,28-,29-/m0/s1. The molecule has 4 saturated carbocycles. The number of rotatable bonds is 5. The molecule has 3 nitrogen and oxygen atoms in total. The minimum atomic E-state index is 0.424. The zero-order valence-electron chi connectivity index (χ0n) is 21.7. The van der Waals surface area contributed by atoms with Crippen molar-refractivity contribution in [3.8, 4) is 0 Å². The molecular weight excluding hydrogens is 394 g/mol. The molecule has 4 aliphatic carbocycles. The van der Waals surface area contributed by atoms with Crippen LogP contribution in [-0.4, -0.2) is 43.5 Å². The first-order valence-corrected chi connectivity index (χ1v) is 14.0. The Bertz CT molecular complexity index is 720. The van der Waals surface area contributed by atoms with Gasteiger partial charge >= 0.3 is 0 Å². The summed E-state index contributed by atoms with van der Waals surface area (Å²) in [4.78, 5) is 14.5. The van der Waals surface area contributed by atoms with Gasteiger partial charge in [0.15, 0.2) is 0 Å². The summed E-state index contributed by atoms with van der Waals surface area (Å²) in [5.74, 6) is 6.00. The molecule has 0 aromatic heterocycles. The smallest absolute Gasteiger partial charge is 0.133 e. The highest BCUT2D eigenvalue weighted by Gasteiger charge is 2.65. The summed E-state index contributed by atoms with van der Waals surface area (Å²) in [7, 11) is 4.37. The molecule has 1 aliphatic heterocycles. The molecule has 3 heteroatoms. The number of ether oxygens (including phenoxy) is 1. The largest absolute Gasteiger partial charge is 0.374 e. The summed E-state index contributed by atoms with van der Waals surface area (Å²) in [6, 6.07) is 0. The van der Waals surface area contributed by atoms with Gasteiger partial charge in [-0.2, -0.15) is 0 Å². The third-order valence-corrected chi connectivity index (χ3v) is 11.7. The summed E-state index contributed by atoms with van der Waals surface area (Å²) < 4.78 is 6.88. The van der Waals surface area contributed by atoms with E-state index in [0.29, 0.717) is 40.7 Å². The van der Waals surface area contributed by atoms with E-state index < -0.39 is 0 Å². The van der Waals surface area contributed by atoms with Crippen LogP contribution in [0.25, 0.3) is 0 Å². The highest BCUT2D eigenvalue weighted by atomic mass is 16.5. The first-order valence-electron chi connectivity index (χ1n) is 14.0. The average molecular weight is 444 g/mol. The predicted octanol–water partition coefficient (Wildman–Crippen LogP) is 6.21. The van der Waals surface area contributed by atoms with Gasteiger partial charge in [0.2, 0.25) is 0 Å². The first-order chi connectivity index (χ1) is 15.1. The summed E-state index contributed by atoms with van der Waals surface area (Å²) in [5, 5.41) is 0. The van der Waals surface area contributed by atoms with E-state index in [1.165, 1.54) is 51.5 Å². The van der Waals surface area contributed by atoms with Crippen molar-refractivity contribution in [2.45, 2.75) is 104 Å². The Morgan fingerprint density at radius 2 is 1.88 bits per heavy atom. The molecule has 0 N–H and O–H groups in total. The van der Waals surface area contributed by atoms with Gasteiger partial charge in [0, 0.05) is 19.4 Å². The van der Waals surface area contributed by atoms with Gasteiger partial charge in [0.1, 0.15) is 5.78 Å². The van der Waals surface area contributed by atoms with E-state index >= 15 is 0 Å². The molecule has 5 aliphatic rings. The Hall–Kier alpha value is -0.410. The topological polar surface area (TPSA) is 29.5 Å². The lowest BCUT2D eigenvalue weighted by molar-refractivity contribution is -0.140. The van der Waals surface area contributed by atoms with Gasteiger partial charge in [0.05, 0.1) is 12.2 Å². The molecule has 0 spiro atoms. The monoisotopic (exact) mass is 443 g/mol. The van der Waals surface area contributed by atoms with E-state index in [9.17, 15) is 4.79 Å². The highest BCUT2D eigenvalue weighted by Crippen LogP contribution is 2.69. The molecular formula is C29H49NO2. The van der Waals surface area contributed by atoms with Crippen molar-refractivity contribution in [3.05, 3.63) is 0 Å². The molecule has 0 aromatic rings. The molecule has 0 unspecified atom stereocenters. The van der Waals surface area contributed by atoms with Crippen molar-refractivity contribution in [2.75, 3.05) is 20.6 Å². The lowest BCUT2D eigenvalue weighted by Crippen LogP contribution is -2.54. The Kier molecular flexibility index (Phi) is 6.10. The second-order valence-electron chi connectivity index (χ2n) is 13.7. The molecule has 1 saturated heterocycles. The van der Waals surface area contributed by atoms with Gasteiger partial charge in [-0.05, 0) is 118 Å². The molecule has 11 atom stereocenters. The summed E-state index contributed by atoms with van der Waals surface area (Å²) >= 11 is 0. The lowest BCUT2D eigenvalue weighted by Gasteiger charge is -2.60. The lowest BCUT2D eigenvalue weighted by atomic mass is 9.44. The minimum absolute atomic E-state index is 0.424. The van der Waals surface area contributed by atoms with Gasteiger partial charge in [0.25, 0.3) is 0 Å². The van der Waals surface area contributed by atoms with E-state index in [4.69, 9.17) is 4.74 Å². The molecule has 0 bridgehead atoms. The molecule has 0 radical (unpaired) electrons. The second kappa shape index (κ2) is 8.36. The van der Waals surface area contributed by atoms with E-state index in [1.807, 2.05) is 0 Å². The Morgan fingerprint density at radius 1 is 1.09 bits per heavy atom. The Balaban J connectivity index is 1.28. The van der Waals surface area contributed by atoms with Crippen molar-refractivity contribution in [2.24, 2.45) is 52.3 Å². The summed E-state index contributed by atoms with van der Waals surface area (Å²) in [5.41, 5.74) is 0.899. The summed E-state index contributed by atoms with van der Waals surface area (Å²) in [6.45, 7) is 11.3. The number of ketones is 1. The maximum absolute atomic E-state index is 12.2. The van der Waals surface area contributed by atoms with Crippen LogP contribution in [0.1, 0.15) is 91.9 Å². The number of hydrogen-bond donors (Lipinski definition) is 0. The van der Waals surface area contributed by atoms with Gasteiger partial charge in [-0.25, -0.2) is 0 Å². The SMILES string of the molecule is C[C@@H](CC[C@H]1O[C@H]2C[C@H]3[C@@H]4CC[C@@H]5CC(=O)CC[C@]5(C)[C@H]4CC[C@]3(C)[C@H]2[C@@H]1C)CN(C)C. The van der Waals surface area contributed by atoms with Crippen LogP contribution in [0.3, 0.4) is 0 Å². The Morgan fingerprint density at radius 3 is 2.62 bits per heavy atom. The number of nitrogens with zero attached hydrogens (tertiary/aromatic N) is 1. The zero-order chi connectivity index (χ0) is 22.8. The fourth-order valence-corrected chi connectivity index (χ4v) is 10.2.